The first-order valence-electron chi connectivity index (χ1n) is 8.21. The van der Waals surface area contributed by atoms with Crippen LogP contribution in [0.4, 0.5) is 0 Å². The molecule has 0 aromatic carbocycles. The number of rotatable bonds is 5. The number of carbonyl (C=O) groups is 1. The molecule has 21 heavy (non-hydrogen) atoms. The summed E-state index contributed by atoms with van der Waals surface area (Å²) in [5.74, 6) is 2.96. The van der Waals surface area contributed by atoms with Crippen molar-refractivity contribution in [3.05, 3.63) is 18.2 Å². The zero-order valence-electron chi connectivity index (χ0n) is 12.5. The van der Waals surface area contributed by atoms with E-state index in [-0.39, 0.29) is 24.0 Å². The van der Waals surface area contributed by atoms with Crippen LogP contribution in [-0.2, 0) is 16.1 Å². The summed E-state index contributed by atoms with van der Waals surface area (Å²) in [5.41, 5.74) is 0. The fourth-order valence-electron chi connectivity index (χ4n) is 3.69. The highest BCUT2D eigenvalue weighted by molar-refractivity contribution is 5.82. The maximum atomic E-state index is 12.4. The second-order valence-corrected chi connectivity index (χ2v) is 6.61. The van der Waals surface area contributed by atoms with Gasteiger partial charge in [-0.25, -0.2) is 4.98 Å². The smallest absolute Gasteiger partial charge is 0.223 e. The Hall–Kier alpha value is -1.36. The number of carbonyl (C=O) groups excluding carboxylic acids is 1. The fraction of sp³-hybridized carbons (Fsp3) is 0.750. The van der Waals surface area contributed by atoms with E-state index in [1.54, 1.807) is 0 Å². The molecule has 5 nitrogen and oxygen atoms in total. The van der Waals surface area contributed by atoms with Crippen LogP contribution in [0.5, 0.6) is 0 Å². The highest BCUT2D eigenvalue weighted by atomic mass is 16.5. The van der Waals surface area contributed by atoms with Crippen molar-refractivity contribution in [1.29, 1.82) is 0 Å². The lowest BCUT2D eigenvalue weighted by molar-refractivity contribution is -0.123. The molecule has 1 aromatic heterocycles. The second-order valence-electron chi connectivity index (χ2n) is 6.61. The molecule has 1 aromatic rings. The number of ether oxygens (including phenoxy) is 1. The molecule has 0 spiro atoms. The van der Waals surface area contributed by atoms with Crippen LogP contribution in [0.3, 0.4) is 0 Å². The number of aryl methyl sites for hydroxylation is 1. The number of aromatic nitrogens is 2. The first-order chi connectivity index (χ1) is 10.3. The van der Waals surface area contributed by atoms with E-state index in [9.17, 15) is 4.79 Å². The van der Waals surface area contributed by atoms with Crippen molar-refractivity contribution in [3.8, 4) is 0 Å². The first kappa shape index (κ1) is 13.3. The van der Waals surface area contributed by atoms with Crippen LogP contribution in [0.15, 0.2) is 12.4 Å². The number of nitrogens with zero attached hydrogens (tertiary/aromatic N) is 2. The molecule has 2 aliphatic carbocycles. The van der Waals surface area contributed by atoms with Crippen LogP contribution in [0, 0.1) is 17.8 Å². The fourth-order valence-corrected chi connectivity index (χ4v) is 3.69. The van der Waals surface area contributed by atoms with Crippen molar-refractivity contribution >= 4 is 5.91 Å². The summed E-state index contributed by atoms with van der Waals surface area (Å²) in [6.07, 6.45) is 8.33. The van der Waals surface area contributed by atoms with E-state index in [1.165, 1.54) is 12.8 Å². The van der Waals surface area contributed by atoms with Crippen LogP contribution >= 0.6 is 0 Å². The molecule has 5 heteroatoms. The Kier molecular flexibility index (Phi) is 3.25. The Labute approximate surface area is 125 Å². The van der Waals surface area contributed by atoms with Gasteiger partial charge in [0.15, 0.2) is 0 Å². The molecule has 1 N–H and O–H groups in total. The molecule has 1 aliphatic heterocycles. The molecule has 2 heterocycles. The summed E-state index contributed by atoms with van der Waals surface area (Å²) >= 11 is 0. The third-order valence-electron chi connectivity index (χ3n) is 5.17. The predicted octanol–water partition coefficient (Wildman–Crippen LogP) is 1.90. The van der Waals surface area contributed by atoms with E-state index < -0.39 is 0 Å². The summed E-state index contributed by atoms with van der Waals surface area (Å²) in [6.45, 7) is 3.67. The van der Waals surface area contributed by atoms with Crippen LogP contribution in [-0.4, -0.2) is 28.1 Å². The number of nitrogens with one attached hydrogen (secondary N) is 1. The number of hydrogen-bond acceptors (Lipinski definition) is 3. The van der Waals surface area contributed by atoms with Crippen molar-refractivity contribution in [2.24, 2.45) is 17.8 Å². The molecule has 4 atom stereocenters. The Morgan fingerprint density at radius 2 is 2.33 bits per heavy atom. The Morgan fingerprint density at radius 1 is 1.48 bits per heavy atom. The molecule has 3 fully saturated rings. The summed E-state index contributed by atoms with van der Waals surface area (Å²) in [6, 6.07) is 0.0747. The van der Waals surface area contributed by atoms with Gasteiger partial charge in [0.25, 0.3) is 0 Å². The second kappa shape index (κ2) is 5.13. The van der Waals surface area contributed by atoms with Gasteiger partial charge in [-0.1, -0.05) is 0 Å². The third kappa shape index (κ3) is 2.48. The van der Waals surface area contributed by atoms with Crippen molar-refractivity contribution in [2.75, 3.05) is 6.61 Å². The van der Waals surface area contributed by atoms with Gasteiger partial charge in [0, 0.05) is 31.5 Å². The minimum atomic E-state index is -0.0953. The quantitative estimate of drug-likeness (QED) is 0.900. The molecule has 3 aliphatic rings. The molecular formula is C16H23N3O2. The average molecular weight is 289 g/mol. The van der Waals surface area contributed by atoms with Gasteiger partial charge in [-0.2, -0.15) is 0 Å². The summed E-state index contributed by atoms with van der Waals surface area (Å²) in [5, 5.41) is 3.23. The molecule has 114 valence electrons. The monoisotopic (exact) mass is 289 g/mol. The topological polar surface area (TPSA) is 56.1 Å². The normalized spacial score (nSPS) is 34.9. The Balaban J connectivity index is 1.41. The van der Waals surface area contributed by atoms with E-state index in [1.807, 2.05) is 12.4 Å². The van der Waals surface area contributed by atoms with Crippen LogP contribution < -0.4 is 5.32 Å². The van der Waals surface area contributed by atoms with Gasteiger partial charge in [0.05, 0.1) is 6.04 Å². The lowest BCUT2D eigenvalue weighted by Gasteiger charge is -2.20. The number of hydrogen-bond donors (Lipinski definition) is 1. The zero-order valence-corrected chi connectivity index (χ0v) is 12.5. The largest absolute Gasteiger partial charge is 0.368 e. The summed E-state index contributed by atoms with van der Waals surface area (Å²) in [4.78, 5) is 16.8. The average Bonchev–Trinajstić information content (AvgIpc) is 3.37. The van der Waals surface area contributed by atoms with Crippen LogP contribution in [0.1, 0.15) is 44.5 Å². The van der Waals surface area contributed by atoms with Crippen molar-refractivity contribution in [3.63, 3.8) is 0 Å². The molecule has 0 radical (unpaired) electrons. The Morgan fingerprint density at radius 3 is 3.10 bits per heavy atom. The molecule has 1 amide bonds. The minimum Gasteiger partial charge on any atom is -0.368 e. The van der Waals surface area contributed by atoms with Crippen molar-refractivity contribution < 1.29 is 9.53 Å². The summed E-state index contributed by atoms with van der Waals surface area (Å²) < 4.78 is 7.94. The zero-order chi connectivity index (χ0) is 14.4. The SMILES string of the molecule is CCn1ccnc1[C@H]1OCC[C@@H]1NC(=O)C1CC1C1CC1. The predicted molar refractivity (Wildman–Crippen MR) is 77.5 cm³/mol. The van der Waals surface area contributed by atoms with Crippen molar-refractivity contribution in [1.82, 2.24) is 14.9 Å². The summed E-state index contributed by atoms with van der Waals surface area (Å²) in [7, 11) is 0. The van der Waals surface area contributed by atoms with E-state index in [2.05, 4.69) is 21.8 Å². The maximum Gasteiger partial charge on any atom is 0.223 e. The van der Waals surface area contributed by atoms with E-state index in [4.69, 9.17) is 4.74 Å². The minimum absolute atomic E-state index is 0.0747. The molecule has 4 rings (SSSR count). The van der Waals surface area contributed by atoms with E-state index in [0.717, 1.165) is 31.1 Å². The number of imidazole rings is 1. The highest BCUT2D eigenvalue weighted by Crippen LogP contribution is 2.54. The van der Waals surface area contributed by atoms with Gasteiger partial charge in [-0.3, -0.25) is 4.79 Å². The maximum absolute atomic E-state index is 12.4. The molecular weight excluding hydrogens is 266 g/mol. The van der Waals surface area contributed by atoms with Crippen LogP contribution in [0.2, 0.25) is 0 Å². The van der Waals surface area contributed by atoms with E-state index in [0.29, 0.717) is 12.5 Å². The van der Waals surface area contributed by atoms with Gasteiger partial charge < -0.3 is 14.6 Å². The molecule has 2 saturated carbocycles. The van der Waals surface area contributed by atoms with Gasteiger partial charge in [0.1, 0.15) is 11.9 Å². The molecule has 1 saturated heterocycles. The Bertz CT molecular complexity index is 537. The molecule has 2 unspecified atom stereocenters. The lowest BCUT2D eigenvalue weighted by Crippen LogP contribution is -2.38. The van der Waals surface area contributed by atoms with Gasteiger partial charge in [0.2, 0.25) is 5.91 Å². The van der Waals surface area contributed by atoms with Gasteiger partial charge >= 0.3 is 0 Å². The highest BCUT2D eigenvalue weighted by Gasteiger charge is 2.51. The lowest BCUT2D eigenvalue weighted by atomic mass is 10.1. The standard InChI is InChI=1S/C16H23N3O2/c1-2-19-7-6-17-15(19)14-13(5-8-21-14)18-16(20)12-9-11(12)10-3-4-10/h6-7,10-14H,2-5,8-9H2,1H3,(H,18,20)/t11?,12?,13-,14-/m0/s1. The number of amides is 1. The molecule has 0 bridgehead atoms. The van der Waals surface area contributed by atoms with Gasteiger partial charge in [-0.15, -0.1) is 0 Å². The van der Waals surface area contributed by atoms with E-state index >= 15 is 0 Å². The first-order valence-corrected chi connectivity index (χ1v) is 8.21. The van der Waals surface area contributed by atoms with Gasteiger partial charge in [-0.05, 0) is 44.4 Å². The third-order valence-corrected chi connectivity index (χ3v) is 5.17. The van der Waals surface area contributed by atoms with Crippen molar-refractivity contribution in [2.45, 2.75) is 51.3 Å². The van der Waals surface area contributed by atoms with Crippen LogP contribution in [0.25, 0.3) is 0 Å².